The first-order valence-electron chi connectivity index (χ1n) is 9.12. The summed E-state index contributed by atoms with van der Waals surface area (Å²) in [7, 11) is 5.99. The number of benzene rings is 3. The fourth-order valence-corrected chi connectivity index (χ4v) is 3.23. The van der Waals surface area contributed by atoms with E-state index in [0.29, 0.717) is 0 Å². The molecule has 26 heavy (non-hydrogen) atoms. The molecule has 0 saturated heterocycles. The normalized spacial score (nSPS) is 11.4. The molecule has 0 aromatic heterocycles. The van der Waals surface area contributed by atoms with Crippen LogP contribution in [0.25, 0.3) is 10.8 Å². The molecular formula is C23H28N2O. The predicted molar refractivity (Wildman–Crippen MR) is 110 cm³/mol. The Kier molecular flexibility index (Phi) is 6.26. The minimum absolute atomic E-state index is 0.880. The zero-order valence-corrected chi connectivity index (χ0v) is 16.0. The molecule has 3 aromatic carbocycles. The van der Waals surface area contributed by atoms with Crippen LogP contribution in [0.5, 0.6) is 5.75 Å². The summed E-state index contributed by atoms with van der Waals surface area (Å²) in [5, 5.41) is 2.59. The van der Waals surface area contributed by atoms with Gasteiger partial charge >= 0.3 is 0 Å². The third kappa shape index (κ3) is 4.84. The summed E-state index contributed by atoms with van der Waals surface area (Å²) in [6.45, 7) is 3.85. The molecule has 3 nitrogen and oxygen atoms in total. The molecule has 3 heteroatoms. The second-order valence-corrected chi connectivity index (χ2v) is 7.01. The van der Waals surface area contributed by atoms with E-state index in [1.165, 1.54) is 21.9 Å². The minimum atomic E-state index is 0.880. The second-order valence-electron chi connectivity index (χ2n) is 7.01. The Morgan fingerprint density at radius 3 is 2.27 bits per heavy atom. The molecule has 3 rings (SSSR count). The van der Waals surface area contributed by atoms with Crippen LogP contribution < -0.4 is 4.74 Å². The van der Waals surface area contributed by atoms with Gasteiger partial charge in [0.2, 0.25) is 0 Å². The number of methoxy groups -OCH3 is 1. The second kappa shape index (κ2) is 8.84. The van der Waals surface area contributed by atoms with Gasteiger partial charge in [-0.15, -0.1) is 0 Å². The zero-order chi connectivity index (χ0) is 18.4. The molecule has 0 saturated carbocycles. The highest BCUT2D eigenvalue weighted by atomic mass is 16.5. The van der Waals surface area contributed by atoms with Gasteiger partial charge in [-0.05, 0) is 42.6 Å². The summed E-state index contributed by atoms with van der Waals surface area (Å²) in [5.74, 6) is 0.959. The maximum absolute atomic E-state index is 5.54. The van der Waals surface area contributed by atoms with Gasteiger partial charge in [0.25, 0.3) is 0 Å². The molecule has 0 fully saturated rings. The summed E-state index contributed by atoms with van der Waals surface area (Å²) < 4.78 is 5.54. The van der Waals surface area contributed by atoms with Crippen LogP contribution in [0.3, 0.4) is 0 Å². The molecule has 0 heterocycles. The van der Waals surface area contributed by atoms with Gasteiger partial charge in [0, 0.05) is 31.7 Å². The Morgan fingerprint density at radius 2 is 1.50 bits per heavy atom. The SMILES string of the molecule is COc1ccccc1CN(CCN(C)C)Cc1ccc2ccccc2c1. The standard InChI is InChI=1S/C23H28N2O/c1-24(2)14-15-25(18-22-10-6-7-11-23(22)26-3)17-19-12-13-20-8-4-5-9-21(20)16-19/h4-13,16H,14-15,17-18H2,1-3H3. The fraction of sp³-hybridized carbons (Fsp3) is 0.304. The Balaban J connectivity index is 1.80. The number of para-hydroxylation sites is 1. The molecule has 0 atom stereocenters. The summed E-state index contributed by atoms with van der Waals surface area (Å²) >= 11 is 0. The van der Waals surface area contributed by atoms with Crippen LogP contribution in [-0.2, 0) is 13.1 Å². The van der Waals surface area contributed by atoms with Crippen molar-refractivity contribution in [2.24, 2.45) is 0 Å². The molecule has 0 amide bonds. The smallest absolute Gasteiger partial charge is 0.123 e. The first kappa shape index (κ1) is 18.4. The van der Waals surface area contributed by atoms with Crippen molar-refractivity contribution in [3.8, 4) is 5.75 Å². The van der Waals surface area contributed by atoms with Crippen LogP contribution in [0.4, 0.5) is 0 Å². The van der Waals surface area contributed by atoms with Gasteiger partial charge in [0.15, 0.2) is 0 Å². The molecule has 0 spiro atoms. The van der Waals surface area contributed by atoms with E-state index in [2.05, 4.69) is 78.5 Å². The van der Waals surface area contributed by atoms with E-state index in [1.807, 2.05) is 12.1 Å². The van der Waals surface area contributed by atoms with Gasteiger partial charge in [-0.1, -0.05) is 54.6 Å². The van der Waals surface area contributed by atoms with Crippen LogP contribution in [0.1, 0.15) is 11.1 Å². The molecule has 0 radical (unpaired) electrons. The third-order valence-corrected chi connectivity index (χ3v) is 4.67. The van der Waals surface area contributed by atoms with E-state index in [1.54, 1.807) is 7.11 Å². The van der Waals surface area contributed by atoms with Crippen LogP contribution >= 0.6 is 0 Å². The van der Waals surface area contributed by atoms with E-state index in [0.717, 1.165) is 31.9 Å². The molecule has 136 valence electrons. The van der Waals surface area contributed by atoms with Crippen molar-refractivity contribution < 1.29 is 4.74 Å². The average Bonchev–Trinajstić information content (AvgIpc) is 2.66. The van der Waals surface area contributed by atoms with Crippen molar-refractivity contribution in [1.82, 2.24) is 9.80 Å². The van der Waals surface area contributed by atoms with E-state index < -0.39 is 0 Å². The number of rotatable bonds is 8. The van der Waals surface area contributed by atoms with E-state index >= 15 is 0 Å². The molecule has 0 aliphatic rings. The number of likely N-dealkylation sites (N-methyl/N-ethyl adjacent to an activating group) is 1. The molecule has 0 N–H and O–H groups in total. The van der Waals surface area contributed by atoms with Crippen molar-refractivity contribution in [3.63, 3.8) is 0 Å². The summed E-state index contributed by atoms with van der Waals surface area (Å²) in [4.78, 5) is 4.72. The third-order valence-electron chi connectivity index (χ3n) is 4.67. The van der Waals surface area contributed by atoms with Crippen molar-refractivity contribution in [2.45, 2.75) is 13.1 Å². The largest absolute Gasteiger partial charge is 0.496 e. The maximum Gasteiger partial charge on any atom is 0.123 e. The van der Waals surface area contributed by atoms with Gasteiger partial charge in [0.05, 0.1) is 7.11 Å². The summed E-state index contributed by atoms with van der Waals surface area (Å²) in [6, 6.07) is 23.6. The lowest BCUT2D eigenvalue weighted by atomic mass is 10.1. The van der Waals surface area contributed by atoms with E-state index in [-0.39, 0.29) is 0 Å². The molecule has 0 unspecified atom stereocenters. The maximum atomic E-state index is 5.54. The lowest BCUT2D eigenvalue weighted by Gasteiger charge is -2.25. The highest BCUT2D eigenvalue weighted by Gasteiger charge is 2.11. The Labute approximate surface area is 156 Å². The number of hydrogen-bond acceptors (Lipinski definition) is 3. The molecule has 0 bridgehead atoms. The quantitative estimate of drug-likeness (QED) is 0.600. The molecule has 0 aliphatic carbocycles. The lowest BCUT2D eigenvalue weighted by molar-refractivity contribution is 0.223. The first-order valence-corrected chi connectivity index (χ1v) is 9.12. The van der Waals surface area contributed by atoms with Gasteiger partial charge in [-0.2, -0.15) is 0 Å². The van der Waals surface area contributed by atoms with Crippen molar-refractivity contribution in [2.75, 3.05) is 34.3 Å². The highest BCUT2D eigenvalue weighted by Crippen LogP contribution is 2.21. The number of nitrogens with zero attached hydrogens (tertiary/aromatic N) is 2. The number of fused-ring (bicyclic) bond motifs is 1. The molecule has 0 aliphatic heterocycles. The topological polar surface area (TPSA) is 15.7 Å². The Bertz CT molecular complexity index is 844. The van der Waals surface area contributed by atoms with Crippen LogP contribution in [0, 0.1) is 0 Å². The molecule has 3 aromatic rings. The van der Waals surface area contributed by atoms with Crippen molar-refractivity contribution >= 4 is 10.8 Å². The number of hydrogen-bond donors (Lipinski definition) is 0. The average molecular weight is 348 g/mol. The first-order chi connectivity index (χ1) is 12.7. The van der Waals surface area contributed by atoms with Gasteiger partial charge in [-0.3, -0.25) is 4.90 Å². The zero-order valence-electron chi connectivity index (χ0n) is 16.0. The van der Waals surface area contributed by atoms with Crippen LogP contribution in [-0.4, -0.2) is 44.1 Å². The van der Waals surface area contributed by atoms with E-state index in [4.69, 9.17) is 4.74 Å². The van der Waals surface area contributed by atoms with E-state index in [9.17, 15) is 0 Å². The predicted octanol–water partition coefficient (Wildman–Crippen LogP) is 4.41. The van der Waals surface area contributed by atoms with Crippen molar-refractivity contribution in [3.05, 3.63) is 77.9 Å². The fourth-order valence-electron chi connectivity index (χ4n) is 3.23. The van der Waals surface area contributed by atoms with Gasteiger partial charge < -0.3 is 9.64 Å². The number of ether oxygens (including phenoxy) is 1. The van der Waals surface area contributed by atoms with Gasteiger partial charge in [0.1, 0.15) is 5.75 Å². The monoisotopic (exact) mass is 348 g/mol. The van der Waals surface area contributed by atoms with Crippen molar-refractivity contribution in [1.29, 1.82) is 0 Å². The van der Waals surface area contributed by atoms with Gasteiger partial charge in [-0.25, -0.2) is 0 Å². The molecular weight excluding hydrogens is 320 g/mol. The summed E-state index contributed by atoms with van der Waals surface area (Å²) in [6.07, 6.45) is 0. The van der Waals surface area contributed by atoms with Crippen LogP contribution in [0.15, 0.2) is 66.7 Å². The Morgan fingerprint density at radius 1 is 0.769 bits per heavy atom. The lowest BCUT2D eigenvalue weighted by Crippen LogP contribution is -2.31. The Hall–Kier alpha value is -2.36. The highest BCUT2D eigenvalue weighted by molar-refractivity contribution is 5.82. The minimum Gasteiger partial charge on any atom is -0.496 e. The summed E-state index contributed by atoms with van der Waals surface area (Å²) in [5.41, 5.74) is 2.58. The van der Waals surface area contributed by atoms with Crippen LogP contribution in [0.2, 0.25) is 0 Å².